The van der Waals surface area contributed by atoms with Gasteiger partial charge in [0.2, 0.25) is 5.89 Å². The van der Waals surface area contributed by atoms with E-state index in [1.807, 2.05) is 35.0 Å². The molecular formula is C18H19N5O. The molecule has 4 aromatic rings. The Bertz CT molecular complexity index is 930. The lowest BCUT2D eigenvalue weighted by molar-refractivity contribution is 0.510. The number of benzene rings is 1. The Labute approximate surface area is 139 Å². The monoisotopic (exact) mass is 321 g/mol. The van der Waals surface area contributed by atoms with Gasteiger partial charge in [-0.1, -0.05) is 26.0 Å². The molecule has 0 atom stereocenters. The summed E-state index contributed by atoms with van der Waals surface area (Å²) in [6.07, 6.45) is 4.66. The van der Waals surface area contributed by atoms with Crippen molar-refractivity contribution in [2.24, 2.45) is 5.92 Å². The van der Waals surface area contributed by atoms with E-state index < -0.39 is 0 Å². The average Bonchev–Trinajstić information content (AvgIpc) is 3.25. The number of rotatable bonds is 5. The fourth-order valence-electron chi connectivity index (χ4n) is 2.82. The maximum Gasteiger partial charge on any atom is 0.215 e. The van der Waals surface area contributed by atoms with E-state index in [2.05, 4.69) is 40.1 Å². The van der Waals surface area contributed by atoms with E-state index in [1.165, 1.54) is 0 Å². The van der Waals surface area contributed by atoms with Crippen molar-refractivity contribution in [2.45, 2.75) is 26.8 Å². The number of hydrogen-bond donors (Lipinski definition) is 1. The molecule has 0 aliphatic carbocycles. The van der Waals surface area contributed by atoms with E-state index in [9.17, 15) is 0 Å². The lowest BCUT2D eigenvalue weighted by Gasteiger charge is -2.02. The Morgan fingerprint density at radius 2 is 2.12 bits per heavy atom. The van der Waals surface area contributed by atoms with Crippen LogP contribution in [-0.4, -0.2) is 24.7 Å². The Morgan fingerprint density at radius 3 is 2.96 bits per heavy atom. The number of oxazole rings is 1. The summed E-state index contributed by atoms with van der Waals surface area (Å²) in [6.45, 7) is 4.90. The second-order valence-electron chi connectivity index (χ2n) is 6.33. The molecule has 0 aliphatic heterocycles. The summed E-state index contributed by atoms with van der Waals surface area (Å²) in [5.41, 5.74) is 3.63. The average molecular weight is 321 g/mol. The van der Waals surface area contributed by atoms with Gasteiger partial charge in [0, 0.05) is 18.1 Å². The SMILES string of the molecule is CC(C)Cc1cc(-c2nccn2Cc2nc3ccccc3o2)n[nH]1. The Kier molecular flexibility index (Phi) is 3.65. The van der Waals surface area contributed by atoms with E-state index in [-0.39, 0.29) is 0 Å². The van der Waals surface area contributed by atoms with Gasteiger partial charge in [-0.2, -0.15) is 5.10 Å². The molecule has 0 radical (unpaired) electrons. The fraction of sp³-hybridized carbons (Fsp3) is 0.278. The molecule has 4 rings (SSSR count). The van der Waals surface area contributed by atoms with Crippen molar-refractivity contribution in [1.29, 1.82) is 0 Å². The molecule has 6 heteroatoms. The Hall–Kier alpha value is -2.89. The number of imidazole rings is 1. The number of para-hydroxylation sites is 2. The van der Waals surface area contributed by atoms with Crippen LogP contribution < -0.4 is 0 Å². The van der Waals surface area contributed by atoms with E-state index in [4.69, 9.17) is 4.42 Å². The Morgan fingerprint density at radius 1 is 1.25 bits per heavy atom. The van der Waals surface area contributed by atoms with E-state index in [0.29, 0.717) is 18.4 Å². The van der Waals surface area contributed by atoms with E-state index in [0.717, 1.165) is 34.7 Å². The molecule has 3 aromatic heterocycles. The molecule has 1 aromatic carbocycles. The van der Waals surface area contributed by atoms with Crippen molar-refractivity contribution in [3.63, 3.8) is 0 Å². The number of hydrogen-bond acceptors (Lipinski definition) is 4. The highest BCUT2D eigenvalue weighted by atomic mass is 16.3. The van der Waals surface area contributed by atoms with Crippen LogP contribution in [0, 0.1) is 5.92 Å². The third-order valence-electron chi connectivity index (χ3n) is 3.85. The summed E-state index contributed by atoms with van der Waals surface area (Å²) < 4.78 is 7.80. The van der Waals surface area contributed by atoms with Gasteiger partial charge in [0.25, 0.3) is 0 Å². The molecule has 1 N–H and O–H groups in total. The van der Waals surface area contributed by atoms with Gasteiger partial charge in [0.1, 0.15) is 17.8 Å². The molecular weight excluding hydrogens is 302 g/mol. The predicted molar refractivity (Wildman–Crippen MR) is 91.5 cm³/mol. The van der Waals surface area contributed by atoms with Crippen molar-refractivity contribution in [3.05, 3.63) is 54.3 Å². The molecule has 24 heavy (non-hydrogen) atoms. The van der Waals surface area contributed by atoms with Gasteiger partial charge >= 0.3 is 0 Å². The topological polar surface area (TPSA) is 72.5 Å². The van der Waals surface area contributed by atoms with Crippen LogP contribution in [0.2, 0.25) is 0 Å². The van der Waals surface area contributed by atoms with Gasteiger partial charge in [-0.25, -0.2) is 9.97 Å². The van der Waals surface area contributed by atoms with Crippen LogP contribution in [0.3, 0.4) is 0 Å². The standard InChI is InChI=1S/C18H19N5O/c1-12(2)9-13-10-15(22-21-13)18-19-7-8-23(18)11-17-20-14-5-3-4-6-16(14)24-17/h3-8,10,12H,9,11H2,1-2H3,(H,21,22). The zero-order valence-corrected chi connectivity index (χ0v) is 13.7. The summed E-state index contributed by atoms with van der Waals surface area (Å²) in [4.78, 5) is 8.96. The first-order valence-corrected chi connectivity index (χ1v) is 8.09. The van der Waals surface area contributed by atoms with Gasteiger partial charge in [-0.05, 0) is 30.5 Å². The highest BCUT2D eigenvalue weighted by molar-refractivity contribution is 5.72. The first kappa shape index (κ1) is 14.7. The van der Waals surface area contributed by atoms with Crippen LogP contribution in [0.1, 0.15) is 25.4 Å². The number of aromatic amines is 1. The molecule has 0 fully saturated rings. The fourth-order valence-corrected chi connectivity index (χ4v) is 2.82. The third-order valence-corrected chi connectivity index (χ3v) is 3.85. The molecule has 0 saturated carbocycles. The molecule has 122 valence electrons. The van der Waals surface area contributed by atoms with Crippen molar-refractivity contribution < 1.29 is 4.42 Å². The first-order valence-electron chi connectivity index (χ1n) is 8.09. The van der Waals surface area contributed by atoms with Crippen LogP contribution >= 0.6 is 0 Å². The van der Waals surface area contributed by atoms with Gasteiger partial charge in [0.15, 0.2) is 11.4 Å². The zero-order chi connectivity index (χ0) is 16.5. The van der Waals surface area contributed by atoms with Crippen molar-refractivity contribution in [2.75, 3.05) is 0 Å². The van der Waals surface area contributed by atoms with Gasteiger partial charge in [-0.15, -0.1) is 0 Å². The van der Waals surface area contributed by atoms with Gasteiger partial charge < -0.3 is 8.98 Å². The minimum absolute atomic E-state index is 0.524. The normalized spacial score (nSPS) is 11.6. The lowest BCUT2D eigenvalue weighted by Crippen LogP contribution is -2.01. The number of nitrogens with one attached hydrogen (secondary N) is 1. The van der Waals surface area contributed by atoms with Crippen LogP contribution in [0.4, 0.5) is 0 Å². The largest absolute Gasteiger partial charge is 0.439 e. The summed E-state index contributed by atoms with van der Waals surface area (Å²) in [6, 6.07) is 9.83. The van der Waals surface area contributed by atoms with Crippen molar-refractivity contribution >= 4 is 11.1 Å². The predicted octanol–water partition coefficient (Wildman–Crippen LogP) is 3.66. The number of nitrogens with zero attached hydrogens (tertiary/aromatic N) is 4. The Balaban J connectivity index is 1.61. The molecule has 6 nitrogen and oxygen atoms in total. The summed E-state index contributed by atoms with van der Waals surface area (Å²) in [5.74, 6) is 2.05. The lowest BCUT2D eigenvalue weighted by atomic mass is 10.1. The molecule has 0 saturated heterocycles. The maximum absolute atomic E-state index is 5.80. The first-order chi connectivity index (χ1) is 11.7. The third kappa shape index (κ3) is 2.82. The maximum atomic E-state index is 5.80. The number of H-pyrrole nitrogens is 1. The smallest absolute Gasteiger partial charge is 0.215 e. The van der Waals surface area contributed by atoms with Crippen LogP contribution in [0.15, 0.2) is 47.1 Å². The highest BCUT2D eigenvalue weighted by Crippen LogP contribution is 2.20. The molecule has 0 aliphatic rings. The summed E-state index contributed by atoms with van der Waals surface area (Å²) >= 11 is 0. The minimum Gasteiger partial charge on any atom is -0.439 e. The van der Waals surface area contributed by atoms with Gasteiger partial charge in [-0.3, -0.25) is 5.10 Å². The van der Waals surface area contributed by atoms with E-state index >= 15 is 0 Å². The summed E-state index contributed by atoms with van der Waals surface area (Å²) in [5, 5.41) is 7.49. The van der Waals surface area contributed by atoms with Crippen molar-refractivity contribution in [1.82, 2.24) is 24.7 Å². The quantitative estimate of drug-likeness (QED) is 0.609. The molecule has 3 heterocycles. The van der Waals surface area contributed by atoms with Crippen LogP contribution in [0.25, 0.3) is 22.6 Å². The number of fused-ring (bicyclic) bond motifs is 1. The highest BCUT2D eigenvalue weighted by Gasteiger charge is 2.13. The molecule has 0 spiro atoms. The molecule has 0 bridgehead atoms. The second-order valence-corrected chi connectivity index (χ2v) is 6.33. The molecule has 0 amide bonds. The minimum atomic E-state index is 0.524. The zero-order valence-electron chi connectivity index (χ0n) is 13.7. The second kappa shape index (κ2) is 5.96. The van der Waals surface area contributed by atoms with Crippen molar-refractivity contribution in [3.8, 4) is 11.5 Å². The number of aromatic nitrogens is 5. The molecule has 0 unspecified atom stereocenters. The van der Waals surface area contributed by atoms with Crippen LogP contribution in [0.5, 0.6) is 0 Å². The van der Waals surface area contributed by atoms with E-state index in [1.54, 1.807) is 6.20 Å². The van der Waals surface area contributed by atoms with Gasteiger partial charge in [0.05, 0.1) is 0 Å². The summed E-state index contributed by atoms with van der Waals surface area (Å²) in [7, 11) is 0. The van der Waals surface area contributed by atoms with Crippen LogP contribution in [-0.2, 0) is 13.0 Å².